The highest BCUT2D eigenvalue weighted by Crippen LogP contribution is 2.32. The Morgan fingerprint density at radius 1 is 0.947 bits per heavy atom. The maximum absolute atomic E-state index is 5.41. The maximum Gasteiger partial charge on any atom is 0.181 e. The number of benzene rings is 1. The zero-order chi connectivity index (χ0) is 13.6. The van der Waals surface area contributed by atoms with Gasteiger partial charge in [0.05, 0.1) is 11.7 Å². The van der Waals surface area contributed by atoms with E-state index < -0.39 is 0 Å². The Labute approximate surface area is 112 Å². The number of pyridine rings is 1. The number of fused-ring (bicyclic) bond motifs is 1. The van der Waals surface area contributed by atoms with E-state index in [-0.39, 0.29) is 0 Å². The first-order chi connectivity index (χ1) is 9.09. The van der Waals surface area contributed by atoms with Gasteiger partial charge in [-0.25, -0.2) is 4.98 Å². The Balaban J connectivity index is 2.39. The van der Waals surface area contributed by atoms with Crippen LogP contribution in [0.15, 0.2) is 29.1 Å². The summed E-state index contributed by atoms with van der Waals surface area (Å²) in [6.07, 6.45) is 3.21. The number of oxazole rings is 1. The quantitative estimate of drug-likeness (QED) is 0.653. The summed E-state index contributed by atoms with van der Waals surface area (Å²) in [5.74, 6) is 0.803. The van der Waals surface area contributed by atoms with Gasteiger partial charge in [-0.2, -0.15) is 0 Å². The topological polar surface area (TPSA) is 38.9 Å². The fourth-order valence-electron chi connectivity index (χ4n) is 2.60. The van der Waals surface area contributed by atoms with Gasteiger partial charge in [-0.05, 0) is 56.5 Å². The summed E-state index contributed by atoms with van der Waals surface area (Å²) in [5, 5.41) is 1.22. The minimum atomic E-state index is 0.803. The first kappa shape index (κ1) is 11.9. The van der Waals surface area contributed by atoms with Crippen LogP contribution in [0, 0.1) is 27.7 Å². The maximum atomic E-state index is 5.41. The predicted molar refractivity (Wildman–Crippen MR) is 76.2 cm³/mol. The van der Waals surface area contributed by atoms with Gasteiger partial charge in [-0.1, -0.05) is 0 Å². The lowest BCUT2D eigenvalue weighted by atomic mass is 9.95. The van der Waals surface area contributed by atoms with E-state index in [4.69, 9.17) is 4.42 Å². The summed E-state index contributed by atoms with van der Waals surface area (Å²) in [7, 11) is 0. The average Bonchev–Trinajstić information content (AvgIpc) is 2.90. The van der Waals surface area contributed by atoms with Crippen molar-refractivity contribution < 1.29 is 4.42 Å². The molecule has 0 spiro atoms. The lowest BCUT2D eigenvalue weighted by Gasteiger charge is -2.13. The molecule has 2 aromatic heterocycles. The fourth-order valence-corrected chi connectivity index (χ4v) is 2.60. The third-order valence-electron chi connectivity index (χ3n) is 3.91. The van der Waals surface area contributed by atoms with Crippen LogP contribution in [0.4, 0.5) is 0 Å². The first-order valence-corrected chi connectivity index (χ1v) is 6.35. The number of nitrogens with zero attached hydrogens (tertiary/aromatic N) is 2. The molecule has 3 aromatic rings. The van der Waals surface area contributed by atoms with Crippen molar-refractivity contribution in [3.63, 3.8) is 0 Å². The Kier molecular flexibility index (Phi) is 2.63. The van der Waals surface area contributed by atoms with E-state index in [9.17, 15) is 0 Å². The van der Waals surface area contributed by atoms with E-state index in [2.05, 4.69) is 49.8 Å². The van der Waals surface area contributed by atoms with Crippen LogP contribution in [0.3, 0.4) is 0 Å². The van der Waals surface area contributed by atoms with Crippen LogP contribution >= 0.6 is 0 Å². The van der Waals surface area contributed by atoms with Crippen LogP contribution in [0.1, 0.15) is 22.4 Å². The lowest BCUT2D eigenvalue weighted by molar-refractivity contribution is 0.571. The van der Waals surface area contributed by atoms with Gasteiger partial charge in [0.25, 0.3) is 0 Å². The van der Waals surface area contributed by atoms with Crippen LogP contribution in [-0.2, 0) is 0 Å². The van der Waals surface area contributed by atoms with Gasteiger partial charge in [0, 0.05) is 16.6 Å². The number of hydrogen-bond donors (Lipinski definition) is 0. The van der Waals surface area contributed by atoms with E-state index >= 15 is 0 Å². The molecule has 0 N–H and O–H groups in total. The molecule has 0 radical (unpaired) electrons. The molecular weight excluding hydrogens is 236 g/mol. The SMILES string of the molecule is Cc1nc2ccc(-c3cnco3)c(C)c2c(C)c1C. The van der Waals surface area contributed by atoms with Gasteiger partial charge in [0.15, 0.2) is 12.2 Å². The van der Waals surface area contributed by atoms with Crippen molar-refractivity contribution in [2.24, 2.45) is 0 Å². The third-order valence-corrected chi connectivity index (χ3v) is 3.91. The highest BCUT2D eigenvalue weighted by Gasteiger charge is 2.13. The van der Waals surface area contributed by atoms with E-state index in [1.54, 1.807) is 6.20 Å². The molecule has 0 aliphatic heterocycles. The molecule has 0 bridgehead atoms. The third kappa shape index (κ3) is 1.73. The summed E-state index contributed by atoms with van der Waals surface area (Å²) in [5.41, 5.74) is 6.96. The molecule has 0 unspecified atom stereocenters. The highest BCUT2D eigenvalue weighted by molar-refractivity contribution is 5.91. The van der Waals surface area contributed by atoms with Crippen LogP contribution in [0.2, 0.25) is 0 Å². The van der Waals surface area contributed by atoms with Crippen molar-refractivity contribution in [1.82, 2.24) is 9.97 Å². The van der Waals surface area contributed by atoms with Gasteiger partial charge in [-0.15, -0.1) is 0 Å². The minimum absolute atomic E-state index is 0.803. The molecule has 2 heterocycles. The largest absolute Gasteiger partial charge is 0.444 e. The molecule has 3 rings (SSSR count). The van der Waals surface area contributed by atoms with Gasteiger partial charge in [-0.3, -0.25) is 4.98 Å². The molecule has 3 heteroatoms. The second kappa shape index (κ2) is 4.19. The molecule has 19 heavy (non-hydrogen) atoms. The zero-order valence-electron chi connectivity index (χ0n) is 11.6. The van der Waals surface area contributed by atoms with Gasteiger partial charge < -0.3 is 4.42 Å². The minimum Gasteiger partial charge on any atom is -0.444 e. The summed E-state index contributed by atoms with van der Waals surface area (Å²) >= 11 is 0. The Morgan fingerprint density at radius 3 is 2.42 bits per heavy atom. The smallest absolute Gasteiger partial charge is 0.181 e. The molecule has 0 aliphatic carbocycles. The van der Waals surface area contributed by atoms with Crippen molar-refractivity contribution in [2.45, 2.75) is 27.7 Å². The average molecular weight is 252 g/mol. The second-order valence-corrected chi connectivity index (χ2v) is 4.95. The van der Waals surface area contributed by atoms with E-state index in [0.29, 0.717) is 0 Å². The number of rotatable bonds is 1. The van der Waals surface area contributed by atoms with Crippen molar-refractivity contribution in [3.8, 4) is 11.3 Å². The lowest BCUT2D eigenvalue weighted by Crippen LogP contribution is -1.96. The monoisotopic (exact) mass is 252 g/mol. The zero-order valence-corrected chi connectivity index (χ0v) is 11.6. The molecule has 0 amide bonds. The van der Waals surface area contributed by atoms with Gasteiger partial charge in [0.1, 0.15) is 0 Å². The van der Waals surface area contributed by atoms with Gasteiger partial charge in [0.2, 0.25) is 0 Å². The molecule has 3 nitrogen and oxygen atoms in total. The molecular formula is C16H16N2O. The standard InChI is InChI=1S/C16H16N2O/c1-9-10(2)16-11(3)13(15-7-17-8-19-15)5-6-14(16)18-12(9)4/h5-8H,1-4H3. The van der Waals surface area contributed by atoms with E-state index in [1.165, 1.54) is 28.5 Å². The molecule has 1 aromatic carbocycles. The highest BCUT2D eigenvalue weighted by atomic mass is 16.3. The molecule has 0 aliphatic rings. The number of hydrogen-bond acceptors (Lipinski definition) is 3. The summed E-state index contributed by atoms with van der Waals surface area (Å²) in [6, 6.07) is 4.11. The number of aromatic nitrogens is 2. The molecule has 0 saturated heterocycles. The van der Waals surface area contributed by atoms with Crippen LogP contribution in [0.5, 0.6) is 0 Å². The Bertz CT molecular complexity index is 758. The summed E-state index contributed by atoms with van der Waals surface area (Å²) in [4.78, 5) is 8.66. The number of aryl methyl sites for hydroxylation is 3. The molecule has 0 fully saturated rings. The van der Waals surface area contributed by atoms with E-state index in [0.717, 1.165) is 22.5 Å². The molecule has 0 atom stereocenters. The van der Waals surface area contributed by atoms with Gasteiger partial charge >= 0.3 is 0 Å². The van der Waals surface area contributed by atoms with Crippen molar-refractivity contribution in [1.29, 1.82) is 0 Å². The van der Waals surface area contributed by atoms with E-state index in [1.807, 2.05) is 0 Å². The van der Waals surface area contributed by atoms with Crippen LogP contribution in [-0.4, -0.2) is 9.97 Å². The van der Waals surface area contributed by atoms with Crippen molar-refractivity contribution in [2.75, 3.05) is 0 Å². The van der Waals surface area contributed by atoms with Crippen LogP contribution in [0.25, 0.3) is 22.2 Å². The molecule has 0 saturated carbocycles. The Hall–Kier alpha value is -2.16. The normalized spacial score (nSPS) is 11.2. The van der Waals surface area contributed by atoms with Crippen molar-refractivity contribution >= 4 is 10.9 Å². The Morgan fingerprint density at radius 2 is 1.74 bits per heavy atom. The first-order valence-electron chi connectivity index (χ1n) is 6.35. The summed E-state index contributed by atoms with van der Waals surface area (Å²) in [6.45, 7) is 8.45. The fraction of sp³-hybridized carbons (Fsp3) is 0.250. The predicted octanol–water partition coefficient (Wildman–Crippen LogP) is 4.12. The van der Waals surface area contributed by atoms with Crippen LogP contribution < -0.4 is 0 Å². The second-order valence-electron chi connectivity index (χ2n) is 4.95. The molecule has 96 valence electrons. The van der Waals surface area contributed by atoms with Crippen molar-refractivity contribution in [3.05, 3.63) is 47.1 Å². The summed E-state index contributed by atoms with van der Waals surface area (Å²) < 4.78 is 5.41.